The van der Waals surface area contributed by atoms with Crippen LogP contribution in [0.15, 0.2) is 5.03 Å². The van der Waals surface area contributed by atoms with E-state index in [0.29, 0.717) is 17.4 Å². The van der Waals surface area contributed by atoms with E-state index in [1.807, 2.05) is 11.8 Å². The topological polar surface area (TPSA) is 57.0 Å². The summed E-state index contributed by atoms with van der Waals surface area (Å²) in [6.45, 7) is 5.01. The van der Waals surface area contributed by atoms with Crippen molar-refractivity contribution in [2.45, 2.75) is 63.4 Å². The number of nitrogens with zero attached hydrogens (tertiary/aromatic N) is 3. The Morgan fingerprint density at radius 2 is 2.22 bits per heavy atom. The van der Waals surface area contributed by atoms with Crippen LogP contribution in [0.5, 0.6) is 0 Å². The SMILES string of the molecule is Cc1c(C#N)c(SCC(=O)N2CCCC[C@H]2C)nc2c1CCC2. The molecule has 1 aliphatic heterocycles. The Bertz CT molecular complexity index is 665. The largest absolute Gasteiger partial charge is 0.339 e. The number of pyridine rings is 1. The summed E-state index contributed by atoms with van der Waals surface area (Å²) in [7, 11) is 0. The van der Waals surface area contributed by atoms with E-state index in [9.17, 15) is 10.1 Å². The highest BCUT2D eigenvalue weighted by molar-refractivity contribution is 8.00. The van der Waals surface area contributed by atoms with Crippen LogP contribution in [0.3, 0.4) is 0 Å². The first-order chi connectivity index (χ1) is 11.1. The molecule has 2 aliphatic rings. The molecule has 1 aromatic heterocycles. The van der Waals surface area contributed by atoms with Gasteiger partial charge in [0.2, 0.25) is 5.91 Å². The summed E-state index contributed by atoms with van der Waals surface area (Å²) in [5.41, 5.74) is 4.11. The lowest BCUT2D eigenvalue weighted by atomic mass is 10.0. The molecule has 2 heterocycles. The quantitative estimate of drug-likeness (QED) is 0.799. The zero-order valence-electron chi connectivity index (χ0n) is 13.9. The monoisotopic (exact) mass is 329 g/mol. The number of carbonyl (C=O) groups is 1. The van der Waals surface area contributed by atoms with E-state index in [1.165, 1.54) is 23.7 Å². The normalized spacial score (nSPS) is 20.2. The lowest BCUT2D eigenvalue weighted by Gasteiger charge is -2.33. The fourth-order valence-electron chi connectivity index (χ4n) is 3.66. The molecule has 0 bridgehead atoms. The molecule has 0 unspecified atom stereocenters. The Morgan fingerprint density at radius 3 is 2.96 bits per heavy atom. The van der Waals surface area contributed by atoms with Gasteiger partial charge in [0.15, 0.2) is 0 Å². The second kappa shape index (κ2) is 6.92. The standard InChI is InChI=1S/C18H23N3OS/c1-12-6-3-4-9-21(12)17(22)11-23-18-15(10-19)13(2)14-7-5-8-16(14)20-18/h12H,3-9,11H2,1-2H3/t12-/m1/s1. The maximum atomic E-state index is 12.5. The summed E-state index contributed by atoms with van der Waals surface area (Å²) in [4.78, 5) is 19.2. The summed E-state index contributed by atoms with van der Waals surface area (Å²) in [5, 5.41) is 10.2. The molecule has 23 heavy (non-hydrogen) atoms. The highest BCUT2D eigenvalue weighted by Crippen LogP contribution is 2.32. The maximum Gasteiger partial charge on any atom is 0.233 e. The first-order valence-corrected chi connectivity index (χ1v) is 9.45. The molecule has 122 valence electrons. The molecule has 1 saturated heterocycles. The highest BCUT2D eigenvalue weighted by Gasteiger charge is 2.25. The third-order valence-electron chi connectivity index (χ3n) is 5.03. The van der Waals surface area contributed by atoms with Crippen LogP contribution < -0.4 is 0 Å². The Kier molecular flexibility index (Phi) is 4.91. The zero-order chi connectivity index (χ0) is 16.4. The predicted molar refractivity (Wildman–Crippen MR) is 91.5 cm³/mol. The van der Waals surface area contributed by atoms with Crippen LogP contribution in [0, 0.1) is 18.3 Å². The number of rotatable bonds is 3. The fourth-order valence-corrected chi connectivity index (χ4v) is 4.61. The number of piperidine rings is 1. The summed E-state index contributed by atoms with van der Waals surface area (Å²) >= 11 is 1.43. The number of aryl methyl sites for hydroxylation is 1. The van der Waals surface area contributed by atoms with Crippen LogP contribution in [0.2, 0.25) is 0 Å². The number of fused-ring (bicyclic) bond motifs is 1. The second-order valence-electron chi connectivity index (χ2n) is 6.53. The molecule has 4 nitrogen and oxygen atoms in total. The Morgan fingerprint density at radius 1 is 1.39 bits per heavy atom. The molecular formula is C18H23N3OS. The predicted octanol–water partition coefficient (Wildman–Crippen LogP) is 3.24. The zero-order valence-corrected chi connectivity index (χ0v) is 14.7. The van der Waals surface area contributed by atoms with Crippen molar-refractivity contribution in [2.24, 2.45) is 0 Å². The van der Waals surface area contributed by atoms with E-state index in [4.69, 9.17) is 4.98 Å². The van der Waals surface area contributed by atoms with Crippen LogP contribution in [0.1, 0.15) is 55.0 Å². The second-order valence-corrected chi connectivity index (χ2v) is 7.49. The van der Waals surface area contributed by atoms with Gasteiger partial charge in [-0.15, -0.1) is 0 Å². The molecule has 0 N–H and O–H groups in total. The van der Waals surface area contributed by atoms with Crippen LogP contribution in [0.25, 0.3) is 0 Å². The van der Waals surface area contributed by atoms with Crippen molar-refractivity contribution in [3.05, 3.63) is 22.4 Å². The van der Waals surface area contributed by atoms with E-state index < -0.39 is 0 Å². The van der Waals surface area contributed by atoms with Crippen molar-refractivity contribution in [1.82, 2.24) is 9.88 Å². The Labute approximate surface area is 142 Å². The molecule has 0 saturated carbocycles. The van der Waals surface area contributed by atoms with Gasteiger partial charge < -0.3 is 4.90 Å². The average molecular weight is 329 g/mol. The average Bonchev–Trinajstić information content (AvgIpc) is 3.02. The highest BCUT2D eigenvalue weighted by atomic mass is 32.2. The third kappa shape index (κ3) is 3.23. The van der Waals surface area contributed by atoms with Crippen LogP contribution in [-0.2, 0) is 17.6 Å². The minimum absolute atomic E-state index is 0.172. The first kappa shape index (κ1) is 16.3. The molecule has 1 atom stereocenters. The van der Waals surface area contributed by atoms with Gasteiger partial charge in [0.1, 0.15) is 11.1 Å². The number of amides is 1. The van der Waals surface area contributed by atoms with Crippen LogP contribution >= 0.6 is 11.8 Å². The van der Waals surface area contributed by atoms with Gasteiger partial charge in [-0.05, 0) is 63.5 Å². The van der Waals surface area contributed by atoms with Crippen molar-refractivity contribution >= 4 is 17.7 Å². The summed E-state index contributed by atoms with van der Waals surface area (Å²) < 4.78 is 0. The molecule has 1 aliphatic carbocycles. The molecule has 0 spiro atoms. The van der Waals surface area contributed by atoms with Gasteiger partial charge in [-0.25, -0.2) is 4.98 Å². The van der Waals surface area contributed by atoms with Gasteiger partial charge in [0, 0.05) is 18.3 Å². The van der Waals surface area contributed by atoms with Gasteiger partial charge in [0.05, 0.1) is 11.3 Å². The minimum Gasteiger partial charge on any atom is -0.339 e. The number of hydrogen-bond acceptors (Lipinski definition) is 4. The van der Waals surface area contributed by atoms with E-state index in [-0.39, 0.29) is 5.91 Å². The molecule has 5 heteroatoms. The molecule has 0 radical (unpaired) electrons. The molecule has 1 aromatic rings. The Balaban J connectivity index is 1.74. The molecule has 1 fully saturated rings. The van der Waals surface area contributed by atoms with Crippen molar-refractivity contribution in [2.75, 3.05) is 12.3 Å². The fraction of sp³-hybridized carbons (Fsp3) is 0.611. The van der Waals surface area contributed by atoms with E-state index in [0.717, 1.165) is 54.9 Å². The van der Waals surface area contributed by atoms with Crippen molar-refractivity contribution < 1.29 is 4.79 Å². The van der Waals surface area contributed by atoms with Gasteiger partial charge in [-0.1, -0.05) is 11.8 Å². The van der Waals surface area contributed by atoms with Crippen molar-refractivity contribution in [1.29, 1.82) is 5.26 Å². The number of likely N-dealkylation sites (tertiary alicyclic amines) is 1. The van der Waals surface area contributed by atoms with Gasteiger partial charge >= 0.3 is 0 Å². The van der Waals surface area contributed by atoms with Gasteiger partial charge in [0.25, 0.3) is 0 Å². The maximum absolute atomic E-state index is 12.5. The molecule has 0 aromatic carbocycles. The summed E-state index contributed by atoms with van der Waals surface area (Å²) in [6.07, 6.45) is 6.54. The van der Waals surface area contributed by atoms with Crippen molar-refractivity contribution in [3.8, 4) is 6.07 Å². The van der Waals surface area contributed by atoms with Gasteiger partial charge in [-0.2, -0.15) is 5.26 Å². The number of aromatic nitrogens is 1. The number of hydrogen-bond donors (Lipinski definition) is 0. The molecule has 3 rings (SSSR count). The smallest absolute Gasteiger partial charge is 0.233 e. The number of carbonyl (C=O) groups excluding carboxylic acids is 1. The lowest BCUT2D eigenvalue weighted by Crippen LogP contribution is -2.42. The minimum atomic E-state index is 0.172. The van der Waals surface area contributed by atoms with Crippen molar-refractivity contribution in [3.63, 3.8) is 0 Å². The molecule has 1 amide bonds. The van der Waals surface area contributed by atoms with Crippen LogP contribution in [0.4, 0.5) is 0 Å². The third-order valence-corrected chi connectivity index (χ3v) is 5.99. The summed E-state index contributed by atoms with van der Waals surface area (Å²) in [6, 6.07) is 2.63. The summed E-state index contributed by atoms with van der Waals surface area (Å²) in [5.74, 6) is 0.551. The van der Waals surface area contributed by atoms with Crippen LogP contribution in [-0.4, -0.2) is 34.1 Å². The number of thioether (sulfide) groups is 1. The van der Waals surface area contributed by atoms with E-state index in [2.05, 4.69) is 13.0 Å². The van der Waals surface area contributed by atoms with E-state index in [1.54, 1.807) is 0 Å². The lowest BCUT2D eigenvalue weighted by molar-refractivity contribution is -0.131. The molecular weight excluding hydrogens is 306 g/mol. The Hall–Kier alpha value is -1.54. The first-order valence-electron chi connectivity index (χ1n) is 8.46. The van der Waals surface area contributed by atoms with Gasteiger partial charge in [-0.3, -0.25) is 4.79 Å². The van der Waals surface area contributed by atoms with E-state index >= 15 is 0 Å². The number of nitriles is 1.